The van der Waals surface area contributed by atoms with Crippen LogP contribution < -0.4 is 0 Å². The molecule has 1 aromatic rings. The molecule has 9 atom stereocenters. The van der Waals surface area contributed by atoms with Gasteiger partial charge in [-0.3, -0.25) is 4.79 Å². The van der Waals surface area contributed by atoms with Crippen LogP contribution in [0.15, 0.2) is 18.3 Å². The second kappa shape index (κ2) is 8.97. The summed E-state index contributed by atoms with van der Waals surface area (Å²) in [7, 11) is 0. The maximum absolute atomic E-state index is 13.8. The van der Waals surface area contributed by atoms with Crippen LogP contribution in [0, 0.1) is 34.0 Å². The van der Waals surface area contributed by atoms with Gasteiger partial charge in [-0.2, -0.15) is 0 Å². The van der Waals surface area contributed by atoms with Crippen LogP contribution in [0.25, 0.3) is 0 Å². The van der Waals surface area contributed by atoms with Gasteiger partial charge in [-0.05, 0) is 55.4 Å². The first-order valence-corrected chi connectivity index (χ1v) is 14.4. The summed E-state index contributed by atoms with van der Waals surface area (Å²) in [5.41, 5.74) is -0.141. The number of Topliss-reactive ketones (excluding diaryl/α,β-unsaturated/α-hetero) is 1. The number of hydrogen-bond donors (Lipinski definition) is 2. The number of unbranched alkanes of at least 4 members (excludes halogenated alkanes) is 2. The molecule has 8 nitrogen and oxygen atoms in total. The summed E-state index contributed by atoms with van der Waals surface area (Å²) >= 11 is 0. The maximum Gasteiger partial charge on any atom is 0.170 e. The Labute approximate surface area is 219 Å². The van der Waals surface area contributed by atoms with Crippen molar-refractivity contribution in [1.29, 1.82) is 0 Å². The molecule has 4 bridgehead atoms. The molecular weight excluding hydrogens is 470 g/mol. The topological polar surface area (TPSA) is 107 Å². The van der Waals surface area contributed by atoms with Gasteiger partial charge in [0.25, 0.3) is 0 Å². The van der Waals surface area contributed by atoms with E-state index in [4.69, 9.17) is 9.47 Å². The minimum atomic E-state index is -1.11. The number of fused-ring (bicyclic) bond motifs is 2. The van der Waals surface area contributed by atoms with Crippen molar-refractivity contribution >= 4 is 5.78 Å². The molecule has 2 N–H and O–H groups in total. The molecule has 8 heteroatoms. The Kier molecular flexibility index (Phi) is 6.22. The van der Waals surface area contributed by atoms with E-state index in [1.807, 2.05) is 10.9 Å². The Hall–Kier alpha value is -1.61. The van der Waals surface area contributed by atoms with E-state index in [0.29, 0.717) is 31.6 Å². The average Bonchev–Trinajstić information content (AvgIpc) is 3.35. The van der Waals surface area contributed by atoms with Gasteiger partial charge in [-0.1, -0.05) is 51.8 Å². The van der Waals surface area contributed by atoms with Crippen molar-refractivity contribution in [3.8, 4) is 0 Å². The molecule has 6 aliphatic rings. The van der Waals surface area contributed by atoms with Crippen LogP contribution in [-0.4, -0.2) is 62.2 Å². The van der Waals surface area contributed by atoms with Gasteiger partial charge >= 0.3 is 0 Å². The first kappa shape index (κ1) is 25.7. The molecule has 3 heterocycles. The standard InChI is InChI=1S/C29H43N3O5/c1-5-6-7-9-18-16-32(31-30-18)12-13-36-26-28-11-8-10-27(3,4)21(28)15-22(37-26)29-23(28)20(33)14-19(25(29)35)17(2)24(29)34/h16,19-23,25-26,33,35H,2,5-15H2,1,3-4H3/t19-,20-,21+,22+,23-,25+,26-,28-,29+/m0/s1. The minimum absolute atomic E-state index is 0.0307. The van der Waals surface area contributed by atoms with E-state index in [1.54, 1.807) is 0 Å². The van der Waals surface area contributed by atoms with Crippen molar-refractivity contribution in [2.75, 3.05) is 6.61 Å². The number of aliphatic hydroxyl groups excluding tert-OH is 2. The molecule has 204 valence electrons. The third kappa shape index (κ3) is 3.44. The number of aryl methyl sites for hydroxylation is 1. The lowest BCUT2D eigenvalue weighted by atomic mass is 9.37. The first-order chi connectivity index (χ1) is 17.7. The summed E-state index contributed by atoms with van der Waals surface area (Å²) in [6, 6.07) is 0. The number of nitrogens with zero attached hydrogens (tertiary/aromatic N) is 3. The monoisotopic (exact) mass is 513 g/mol. The van der Waals surface area contributed by atoms with Gasteiger partial charge in [0.2, 0.25) is 0 Å². The van der Waals surface area contributed by atoms with Gasteiger partial charge in [-0.25, -0.2) is 4.68 Å². The summed E-state index contributed by atoms with van der Waals surface area (Å²) in [5.74, 6) is -0.623. The average molecular weight is 514 g/mol. The summed E-state index contributed by atoms with van der Waals surface area (Å²) in [6.45, 7) is 11.8. The van der Waals surface area contributed by atoms with Gasteiger partial charge in [-0.15, -0.1) is 5.10 Å². The lowest BCUT2D eigenvalue weighted by molar-refractivity contribution is -0.402. The highest BCUT2D eigenvalue weighted by molar-refractivity contribution is 6.04. The van der Waals surface area contributed by atoms with Crippen molar-refractivity contribution in [2.24, 2.45) is 34.0 Å². The highest BCUT2D eigenvalue weighted by Crippen LogP contribution is 2.75. The van der Waals surface area contributed by atoms with Crippen LogP contribution in [0.1, 0.15) is 77.8 Å². The molecule has 4 saturated carbocycles. The highest BCUT2D eigenvalue weighted by Gasteiger charge is 2.81. The van der Waals surface area contributed by atoms with Gasteiger partial charge in [0.1, 0.15) is 0 Å². The fourth-order valence-electron chi connectivity index (χ4n) is 9.44. The van der Waals surface area contributed by atoms with Crippen LogP contribution in [0.2, 0.25) is 0 Å². The van der Waals surface area contributed by atoms with E-state index >= 15 is 0 Å². The highest BCUT2D eigenvalue weighted by atomic mass is 16.7. The summed E-state index contributed by atoms with van der Waals surface area (Å²) < 4.78 is 15.0. The van der Waals surface area contributed by atoms with Crippen LogP contribution in [-0.2, 0) is 27.2 Å². The molecule has 6 fully saturated rings. The van der Waals surface area contributed by atoms with Crippen molar-refractivity contribution in [3.63, 3.8) is 0 Å². The third-order valence-corrected chi connectivity index (χ3v) is 10.9. The molecule has 0 unspecified atom stereocenters. The fraction of sp³-hybridized carbons (Fsp3) is 0.828. The first-order valence-electron chi connectivity index (χ1n) is 14.4. The van der Waals surface area contributed by atoms with Crippen LogP contribution in [0.5, 0.6) is 0 Å². The van der Waals surface area contributed by atoms with Crippen molar-refractivity contribution in [1.82, 2.24) is 15.0 Å². The van der Waals surface area contributed by atoms with E-state index in [1.165, 1.54) is 12.8 Å². The van der Waals surface area contributed by atoms with Crippen molar-refractivity contribution < 1.29 is 24.5 Å². The SMILES string of the molecule is C=C1C(=O)[C@]23[C@H](O)[C@H]1C[C@H](O)[C@H]2[C@]12CCCC(C)(C)[C@H]1C[C@H]3O[C@@H]2OCCn1cc(CCCCC)nn1. The molecule has 1 aromatic heterocycles. The van der Waals surface area contributed by atoms with Gasteiger partial charge in [0, 0.05) is 23.4 Å². The Bertz CT molecular complexity index is 1070. The zero-order valence-electron chi connectivity index (χ0n) is 22.6. The number of hydrogen-bond acceptors (Lipinski definition) is 7. The molecule has 4 aliphatic carbocycles. The summed E-state index contributed by atoms with van der Waals surface area (Å²) in [6.07, 6.45) is 7.86. The molecule has 0 radical (unpaired) electrons. The zero-order chi connectivity index (χ0) is 26.2. The number of aromatic nitrogens is 3. The number of ketones is 1. The maximum atomic E-state index is 13.8. The quantitative estimate of drug-likeness (QED) is 0.405. The molecule has 7 rings (SSSR count). The van der Waals surface area contributed by atoms with Crippen molar-refractivity contribution in [2.45, 2.75) is 110 Å². The largest absolute Gasteiger partial charge is 0.393 e. The lowest BCUT2D eigenvalue weighted by Gasteiger charge is -2.72. The fourth-order valence-corrected chi connectivity index (χ4v) is 9.44. The van der Waals surface area contributed by atoms with E-state index < -0.39 is 41.3 Å². The van der Waals surface area contributed by atoms with Gasteiger partial charge < -0.3 is 19.7 Å². The van der Waals surface area contributed by atoms with Crippen LogP contribution in [0.3, 0.4) is 0 Å². The molecule has 0 amide bonds. The number of rotatable bonds is 8. The van der Waals surface area contributed by atoms with Crippen LogP contribution in [0.4, 0.5) is 0 Å². The normalized spacial score (nSPS) is 43.6. The van der Waals surface area contributed by atoms with E-state index in [0.717, 1.165) is 37.8 Å². The molecular formula is C29H43N3O5. The van der Waals surface area contributed by atoms with Crippen molar-refractivity contribution in [3.05, 3.63) is 24.0 Å². The van der Waals surface area contributed by atoms with E-state index in [-0.39, 0.29) is 23.0 Å². The summed E-state index contributed by atoms with van der Waals surface area (Å²) in [5, 5.41) is 31.8. The Balaban J connectivity index is 1.28. The third-order valence-electron chi connectivity index (χ3n) is 10.9. The Morgan fingerprint density at radius 1 is 1.24 bits per heavy atom. The molecule has 0 aromatic carbocycles. The van der Waals surface area contributed by atoms with Crippen LogP contribution >= 0.6 is 0 Å². The predicted molar refractivity (Wildman–Crippen MR) is 136 cm³/mol. The van der Waals surface area contributed by atoms with Gasteiger partial charge in [0.05, 0.1) is 42.6 Å². The molecule has 2 spiro atoms. The summed E-state index contributed by atoms with van der Waals surface area (Å²) in [4.78, 5) is 13.8. The Morgan fingerprint density at radius 3 is 2.84 bits per heavy atom. The lowest BCUT2D eigenvalue weighted by Crippen LogP contribution is -2.78. The zero-order valence-corrected chi connectivity index (χ0v) is 22.6. The molecule has 2 aliphatic heterocycles. The number of ether oxygens (including phenoxy) is 2. The Morgan fingerprint density at radius 2 is 2.05 bits per heavy atom. The molecule has 37 heavy (non-hydrogen) atoms. The second-order valence-electron chi connectivity index (χ2n) is 13.1. The number of aliphatic hydroxyl groups is 2. The number of carbonyl (C=O) groups excluding carboxylic acids is 1. The predicted octanol–water partition coefficient (Wildman–Crippen LogP) is 3.45. The minimum Gasteiger partial charge on any atom is -0.393 e. The van der Waals surface area contributed by atoms with E-state index in [2.05, 4.69) is 37.7 Å². The number of carbonyl (C=O) groups is 1. The van der Waals surface area contributed by atoms with E-state index in [9.17, 15) is 15.0 Å². The van der Waals surface area contributed by atoms with Gasteiger partial charge in [0.15, 0.2) is 12.1 Å². The second-order valence-corrected chi connectivity index (χ2v) is 13.1. The molecule has 2 saturated heterocycles. The smallest absolute Gasteiger partial charge is 0.170 e.